The molecule has 1 aromatic heterocycles. The normalized spacial score (nSPS) is 10.3. The Hall–Kier alpha value is -2.27. The van der Waals surface area contributed by atoms with E-state index < -0.39 is 0 Å². The maximum atomic E-state index is 5.75. The minimum atomic E-state index is 0.765. The van der Waals surface area contributed by atoms with Gasteiger partial charge in [0.2, 0.25) is 0 Å². The lowest BCUT2D eigenvalue weighted by atomic mass is 10.1. The van der Waals surface area contributed by atoms with E-state index >= 15 is 0 Å². The number of aryl methyl sites for hydroxylation is 1. The summed E-state index contributed by atoms with van der Waals surface area (Å²) < 4.78 is 5.75. The first-order valence-corrected chi connectivity index (χ1v) is 10.5. The molecule has 27 heavy (non-hydrogen) atoms. The predicted molar refractivity (Wildman–Crippen MR) is 114 cm³/mol. The zero-order chi connectivity index (χ0) is 19.2. The number of hydrogen-bond donors (Lipinski definition) is 0. The van der Waals surface area contributed by atoms with Gasteiger partial charge in [-0.1, -0.05) is 70.4 Å². The van der Waals surface area contributed by atoms with Crippen LogP contribution in [0, 0.1) is 11.8 Å². The highest BCUT2D eigenvalue weighted by Gasteiger charge is 1.97. The van der Waals surface area contributed by atoms with Crippen LogP contribution in [-0.4, -0.2) is 11.6 Å². The van der Waals surface area contributed by atoms with Gasteiger partial charge in [0.1, 0.15) is 11.4 Å². The van der Waals surface area contributed by atoms with Gasteiger partial charge in [-0.25, -0.2) is 4.98 Å². The van der Waals surface area contributed by atoms with E-state index in [0.29, 0.717) is 0 Å². The third-order valence-corrected chi connectivity index (χ3v) is 4.61. The summed E-state index contributed by atoms with van der Waals surface area (Å²) in [7, 11) is 0. The summed E-state index contributed by atoms with van der Waals surface area (Å²) in [6.07, 6.45) is 13.0. The first-order chi connectivity index (χ1) is 13.3. The average molecular weight is 364 g/mol. The molecule has 0 atom stereocenters. The van der Waals surface area contributed by atoms with Crippen molar-refractivity contribution in [2.45, 2.75) is 71.6 Å². The van der Waals surface area contributed by atoms with E-state index in [0.717, 1.165) is 36.5 Å². The number of ether oxygens (including phenoxy) is 1. The maximum absolute atomic E-state index is 5.75. The smallest absolute Gasteiger partial charge is 0.137 e. The lowest BCUT2D eigenvalue weighted by molar-refractivity contribution is 0.303. The van der Waals surface area contributed by atoms with Crippen LogP contribution in [0.4, 0.5) is 0 Å². The van der Waals surface area contributed by atoms with Gasteiger partial charge in [-0.05, 0) is 55.0 Å². The molecule has 0 N–H and O–H groups in total. The molecule has 0 bridgehead atoms. The first kappa shape index (κ1) is 21.0. The zero-order valence-corrected chi connectivity index (χ0v) is 17.0. The van der Waals surface area contributed by atoms with E-state index in [4.69, 9.17) is 4.74 Å². The topological polar surface area (TPSA) is 22.1 Å². The molecule has 1 aromatic carbocycles. The van der Waals surface area contributed by atoms with Crippen LogP contribution in [-0.2, 0) is 6.42 Å². The fourth-order valence-corrected chi connectivity index (χ4v) is 2.91. The van der Waals surface area contributed by atoms with Gasteiger partial charge in [0.25, 0.3) is 0 Å². The largest absolute Gasteiger partial charge is 0.492 e. The highest BCUT2D eigenvalue weighted by atomic mass is 16.5. The Kier molecular flexibility index (Phi) is 10.1. The summed E-state index contributed by atoms with van der Waals surface area (Å²) in [4.78, 5) is 4.39. The number of benzene rings is 1. The molecule has 2 aromatic rings. The number of pyridine rings is 1. The molecule has 0 unspecified atom stereocenters. The highest BCUT2D eigenvalue weighted by molar-refractivity contribution is 5.41. The molecule has 0 amide bonds. The van der Waals surface area contributed by atoms with Crippen LogP contribution < -0.4 is 4.74 Å². The van der Waals surface area contributed by atoms with Gasteiger partial charge < -0.3 is 4.74 Å². The number of rotatable bonds is 11. The molecule has 0 aliphatic carbocycles. The van der Waals surface area contributed by atoms with Gasteiger partial charge in [0, 0.05) is 5.56 Å². The summed E-state index contributed by atoms with van der Waals surface area (Å²) in [5, 5.41) is 0. The molecule has 2 heteroatoms. The second-order valence-electron chi connectivity index (χ2n) is 7.05. The molecule has 2 rings (SSSR count). The molecule has 0 saturated heterocycles. The highest BCUT2D eigenvalue weighted by Crippen LogP contribution is 2.11. The molecule has 144 valence electrons. The van der Waals surface area contributed by atoms with Crippen molar-refractivity contribution in [3.8, 4) is 17.6 Å². The van der Waals surface area contributed by atoms with E-state index in [-0.39, 0.29) is 0 Å². The molecule has 0 saturated carbocycles. The van der Waals surface area contributed by atoms with E-state index in [1.165, 1.54) is 50.5 Å². The van der Waals surface area contributed by atoms with E-state index in [2.05, 4.69) is 54.9 Å². The Morgan fingerprint density at radius 1 is 0.778 bits per heavy atom. The number of aromatic nitrogens is 1. The van der Waals surface area contributed by atoms with Crippen LogP contribution in [0.15, 0.2) is 42.6 Å². The molecule has 0 radical (unpaired) electrons. The van der Waals surface area contributed by atoms with Crippen molar-refractivity contribution in [3.63, 3.8) is 0 Å². The second kappa shape index (κ2) is 13.0. The Morgan fingerprint density at radius 2 is 1.52 bits per heavy atom. The fourth-order valence-electron chi connectivity index (χ4n) is 2.91. The molecular formula is C25H33NO. The molecular weight excluding hydrogens is 330 g/mol. The summed E-state index contributed by atoms with van der Waals surface area (Å²) in [5.74, 6) is 7.15. The third-order valence-electron chi connectivity index (χ3n) is 4.61. The molecule has 0 spiro atoms. The Balaban J connectivity index is 1.77. The molecule has 0 fully saturated rings. The van der Waals surface area contributed by atoms with Gasteiger partial charge in [-0.3, -0.25) is 0 Å². The zero-order valence-electron chi connectivity index (χ0n) is 17.0. The number of unbranched alkanes of at least 4 members (excludes halogenated alkanes) is 6. The van der Waals surface area contributed by atoms with E-state index in [1.54, 1.807) is 6.20 Å². The molecule has 1 heterocycles. The van der Waals surface area contributed by atoms with Gasteiger partial charge in [-0.2, -0.15) is 0 Å². The van der Waals surface area contributed by atoms with Crippen molar-refractivity contribution >= 4 is 0 Å². The standard InChI is InChI=1S/C25H33NO/c1-3-5-7-8-10-20-27-25-19-18-24(26-21-25)17-16-23-14-12-22(13-15-23)11-9-6-4-2/h12-15,18-19,21H,3-11,20H2,1-2H3. The molecule has 0 aliphatic heterocycles. The third kappa shape index (κ3) is 8.78. The number of nitrogens with zero attached hydrogens (tertiary/aromatic N) is 1. The predicted octanol–water partition coefficient (Wildman–Crippen LogP) is 6.56. The maximum Gasteiger partial charge on any atom is 0.137 e. The Bertz CT molecular complexity index is 692. The van der Waals surface area contributed by atoms with Crippen LogP contribution in [0.2, 0.25) is 0 Å². The summed E-state index contributed by atoms with van der Waals surface area (Å²) in [5.41, 5.74) is 3.20. The second-order valence-corrected chi connectivity index (χ2v) is 7.05. The minimum absolute atomic E-state index is 0.765. The number of hydrogen-bond acceptors (Lipinski definition) is 2. The average Bonchev–Trinajstić information content (AvgIpc) is 2.71. The monoisotopic (exact) mass is 363 g/mol. The van der Waals surface area contributed by atoms with Crippen molar-refractivity contribution in [2.24, 2.45) is 0 Å². The van der Waals surface area contributed by atoms with Crippen LogP contribution >= 0.6 is 0 Å². The van der Waals surface area contributed by atoms with Crippen LogP contribution in [0.1, 0.15) is 82.0 Å². The lowest BCUT2D eigenvalue weighted by Gasteiger charge is -2.05. The fraction of sp³-hybridized carbons (Fsp3) is 0.480. The van der Waals surface area contributed by atoms with Crippen molar-refractivity contribution in [1.82, 2.24) is 4.98 Å². The molecule has 0 aliphatic rings. The van der Waals surface area contributed by atoms with Gasteiger partial charge in [0.05, 0.1) is 12.8 Å². The van der Waals surface area contributed by atoms with Crippen molar-refractivity contribution < 1.29 is 4.74 Å². The lowest BCUT2D eigenvalue weighted by Crippen LogP contribution is -1.98. The summed E-state index contributed by atoms with van der Waals surface area (Å²) >= 11 is 0. The van der Waals surface area contributed by atoms with E-state index in [1.807, 2.05) is 12.1 Å². The van der Waals surface area contributed by atoms with E-state index in [9.17, 15) is 0 Å². The SMILES string of the molecule is CCCCCCCOc1ccc(C#Cc2ccc(CCCCC)cc2)nc1. The molecule has 2 nitrogen and oxygen atoms in total. The van der Waals surface area contributed by atoms with Crippen molar-refractivity contribution in [1.29, 1.82) is 0 Å². The van der Waals surface area contributed by atoms with Crippen molar-refractivity contribution in [3.05, 3.63) is 59.4 Å². The van der Waals surface area contributed by atoms with Gasteiger partial charge in [-0.15, -0.1) is 0 Å². The summed E-state index contributed by atoms with van der Waals surface area (Å²) in [6.45, 7) is 5.23. The minimum Gasteiger partial charge on any atom is -0.492 e. The van der Waals surface area contributed by atoms with Crippen LogP contribution in [0.3, 0.4) is 0 Å². The Morgan fingerprint density at radius 3 is 2.22 bits per heavy atom. The first-order valence-electron chi connectivity index (χ1n) is 10.5. The van der Waals surface area contributed by atoms with Crippen molar-refractivity contribution in [2.75, 3.05) is 6.61 Å². The van der Waals surface area contributed by atoms with Crippen LogP contribution in [0.5, 0.6) is 5.75 Å². The Labute approximate surface area is 165 Å². The quantitative estimate of drug-likeness (QED) is 0.333. The van der Waals surface area contributed by atoms with Crippen LogP contribution in [0.25, 0.3) is 0 Å². The van der Waals surface area contributed by atoms with Gasteiger partial charge >= 0.3 is 0 Å². The van der Waals surface area contributed by atoms with Gasteiger partial charge in [0.15, 0.2) is 0 Å². The summed E-state index contributed by atoms with van der Waals surface area (Å²) in [6, 6.07) is 12.5.